The van der Waals surface area contributed by atoms with Gasteiger partial charge in [0.05, 0.1) is 5.69 Å². The van der Waals surface area contributed by atoms with E-state index in [0.717, 1.165) is 5.69 Å². The monoisotopic (exact) mass is 261 g/mol. The minimum absolute atomic E-state index is 0.0808. The Hall–Kier alpha value is -2.48. The van der Waals surface area contributed by atoms with Crippen LogP contribution in [0.2, 0.25) is 0 Å². The van der Waals surface area contributed by atoms with Gasteiger partial charge in [-0.15, -0.1) is 5.10 Å². The van der Waals surface area contributed by atoms with Crippen LogP contribution in [0.3, 0.4) is 0 Å². The molecule has 0 spiro atoms. The highest BCUT2D eigenvalue weighted by Crippen LogP contribution is 1.97. The van der Waals surface area contributed by atoms with E-state index in [0.29, 0.717) is 18.8 Å². The Balaban J connectivity index is 1.80. The lowest BCUT2D eigenvalue weighted by molar-refractivity contribution is -0.121. The average Bonchev–Trinajstić information content (AvgIpc) is 2.85. The predicted octanol–water partition coefficient (Wildman–Crippen LogP) is -0.682. The van der Waals surface area contributed by atoms with Crippen molar-refractivity contribution in [2.45, 2.75) is 13.0 Å². The second kappa shape index (κ2) is 6.45. The van der Waals surface area contributed by atoms with Crippen LogP contribution in [0.5, 0.6) is 0 Å². The molecule has 2 aromatic rings. The molecule has 0 saturated carbocycles. The number of pyridine rings is 1. The molecule has 0 aliphatic rings. The SMILES string of the molecule is NCCc1cn(CC(=O)NNc2ccccn2)nn1. The maximum atomic E-state index is 11.6. The highest BCUT2D eigenvalue weighted by Gasteiger charge is 2.05. The Morgan fingerprint density at radius 3 is 3.05 bits per heavy atom. The van der Waals surface area contributed by atoms with E-state index in [9.17, 15) is 4.79 Å². The average molecular weight is 261 g/mol. The summed E-state index contributed by atoms with van der Waals surface area (Å²) in [5, 5.41) is 7.73. The number of hydrogen-bond acceptors (Lipinski definition) is 6. The minimum atomic E-state index is -0.241. The van der Waals surface area contributed by atoms with Crippen LogP contribution in [-0.4, -0.2) is 32.4 Å². The van der Waals surface area contributed by atoms with Gasteiger partial charge in [0.1, 0.15) is 12.4 Å². The van der Waals surface area contributed by atoms with Crippen molar-refractivity contribution in [1.29, 1.82) is 0 Å². The lowest BCUT2D eigenvalue weighted by Crippen LogP contribution is -2.33. The van der Waals surface area contributed by atoms with Crippen LogP contribution < -0.4 is 16.6 Å². The summed E-state index contributed by atoms with van der Waals surface area (Å²) in [6.45, 7) is 0.587. The summed E-state index contributed by atoms with van der Waals surface area (Å²) in [6.07, 6.45) is 3.98. The van der Waals surface area contributed by atoms with Gasteiger partial charge in [-0.1, -0.05) is 11.3 Å². The third-order valence-electron chi connectivity index (χ3n) is 2.29. The van der Waals surface area contributed by atoms with E-state index in [-0.39, 0.29) is 12.5 Å². The fourth-order valence-electron chi connectivity index (χ4n) is 1.44. The van der Waals surface area contributed by atoms with Gasteiger partial charge in [-0.3, -0.25) is 15.6 Å². The normalized spacial score (nSPS) is 10.2. The van der Waals surface area contributed by atoms with Crippen LogP contribution in [0.15, 0.2) is 30.6 Å². The number of nitrogens with zero attached hydrogens (tertiary/aromatic N) is 4. The second-order valence-corrected chi connectivity index (χ2v) is 3.83. The molecule has 100 valence electrons. The highest BCUT2D eigenvalue weighted by molar-refractivity contribution is 5.76. The number of nitrogens with two attached hydrogens (primary N) is 1. The quantitative estimate of drug-likeness (QED) is 0.594. The van der Waals surface area contributed by atoms with Crippen LogP contribution >= 0.6 is 0 Å². The minimum Gasteiger partial charge on any atom is -0.330 e. The van der Waals surface area contributed by atoms with Crippen LogP contribution in [0.1, 0.15) is 5.69 Å². The van der Waals surface area contributed by atoms with Crippen molar-refractivity contribution in [3.05, 3.63) is 36.3 Å². The summed E-state index contributed by atoms with van der Waals surface area (Å²) in [4.78, 5) is 15.6. The largest absolute Gasteiger partial charge is 0.330 e. The molecule has 8 heteroatoms. The summed E-state index contributed by atoms with van der Waals surface area (Å²) >= 11 is 0. The van der Waals surface area contributed by atoms with Crippen molar-refractivity contribution in [2.75, 3.05) is 12.0 Å². The van der Waals surface area contributed by atoms with Gasteiger partial charge in [0.15, 0.2) is 0 Å². The first-order valence-corrected chi connectivity index (χ1v) is 5.83. The van der Waals surface area contributed by atoms with E-state index in [2.05, 4.69) is 26.1 Å². The lowest BCUT2D eigenvalue weighted by atomic mass is 10.3. The van der Waals surface area contributed by atoms with Gasteiger partial charge in [0, 0.05) is 18.8 Å². The van der Waals surface area contributed by atoms with Gasteiger partial charge in [-0.2, -0.15) is 0 Å². The molecular weight excluding hydrogens is 246 g/mol. The summed E-state index contributed by atoms with van der Waals surface area (Å²) < 4.78 is 1.46. The van der Waals surface area contributed by atoms with E-state index >= 15 is 0 Å². The molecule has 2 aromatic heterocycles. The van der Waals surface area contributed by atoms with Crippen molar-refractivity contribution < 1.29 is 4.79 Å². The number of rotatable bonds is 6. The second-order valence-electron chi connectivity index (χ2n) is 3.83. The molecule has 0 aliphatic heterocycles. The Morgan fingerprint density at radius 1 is 1.42 bits per heavy atom. The van der Waals surface area contributed by atoms with E-state index in [1.807, 2.05) is 6.07 Å². The van der Waals surface area contributed by atoms with Gasteiger partial charge >= 0.3 is 0 Å². The van der Waals surface area contributed by atoms with Crippen LogP contribution in [0.25, 0.3) is 0 Å². The fraction of sp³-hybridized carbons (Fsp3) is 0.273. The molecule has 0 fully saturated rings. The Labute approximate surface area is 110 Å². The van der Waals surface area contributed by atoms with Crippen molar-refractivity contribution in [2.24, 2.45) is 5.73 Å². The van der Waals surface area contributed by atoms with E-state index in [1.54, 1.807) is 24.5 Å². The molecule has 2 heterocycles. The van der Waals surface area contributed by atoms with Crippen molar-refractivity contribution in [3.8, 4) is 0 Å². The molecule has 1 amide bonds. The number of carbonyl (C=O) groups is 1. The summed E-state index contributed by atoms with van der Waals surface area (Å²) in [5.41, 5.74) is 11.4. The number of aromatic nitrogens is 4. The number of carbonyl (C=O) groups excluding carboxylic acids is 1. The number of hydrazine groups is 1. The van der Waals surface area contributed by atoms with Gasteiger partial charge in [0.25, 0.3) is 5.91 Å². The van der Waals surface area contributed by atoms with Gasteiger partial charge in [0.2, 0.25) is 0 Å². The zero-order chi connectivity index (χ0) is 13.5. The smallest absolute Gasteiger partial charge is 0.260 e. The van der Waals surface area contributed by atoms with Crippen LogP contribution in [0, 0.1) is 0 Å². The first-order chi connectivity index (χ1) is 9.28. The molecule has 19 heavy (non-hydrogen) atoms. The number of amides is 1. The first-order valence-electron chi connectivity index (χ1n) is 5.83. The Kier molecular flexibility index (Phi) is 4.40. The van der Waals surface area contributed by atoms with Crippen LogP contribution in [-0.2, 0) is 17.8 Å². The topological polar surface area (TPSA) is 111 Å². The maximum absolute atomic E-state index is 11.6. The third-order valence-corrected chi connectivity index (χ3v) is 2.29. The zero-order valence-corrected chi connectivity index (χ0v) is 10.3. The molecule has 0 unspecified atom stereocenters. The predicted molar refractivity (Wildman–Crippen MR) is 68.8 cm³/mol. The number of hydrogen-bond donors (Lipinski definition) is 3. The molecule has 8 nitrogen and oxygen atoms in total. The molecule has 4 N–H and O–H groups in total. The first kappa shape index (κ1) is 13.0. The molecule has 0 radical (unpaired) electrons. The number of nitrogens with one attached hydrogen (secondary N) is 2. The van der Waals surface area contributed by atoms with E-state index in [1.165, 1.54) is 4.68 Å². The maximum Gasteiger partial charge on any atom is 0.260 e. The molecule has 0 aromatic carbocycles. The summed E-state index contributed by atoms with van der Waals surface area (Å²) in [6, 6.07) is 5.36. The van der Waals surface area contributed by atoms with Gasteiger partial charge < -0.3 is 5.73 Å². The molecule has 0 bridgehead atoms. The molecule has 0 aliphatic carbocycles. The molecule has 0 saturated heterocycles. The molecule has 0 atom stereocenters. The van der Waals surface area contributed by atoms with Gasteiger partial charge in [-0.05, 0) is 18.7 Å². The van der Waals surface area contributed by atoms with E-state index in [4.69, 9.17) is 5.73 Å². The fourth-order valence-corrected chi connectivity index (χ4v) is 1.44. The zero-order valence-electron chi connectivity index (χ0n) is 10.3. The van der Waals surface area contributed by atoms with Crippen molar-refractivity contribution in [1.82, 2.24) is 25.4 Å². The standard InChI is InChI=1S/C11H15N7O/c12-5-4-9-7-18(17-14-9)8-11(19)16-15-10-3-1-2-6-13-10/h1-3,6-7H,4-5,8,12H2,(H,13,15)(H,16,19). The third kappa shape index (κ3) is 4.03. The lowest BCUT2D eigenvalue weighted by Gasteiger charge is -2.06. The van der Waals surface area contributed by atoms with Crippen molar-refractivity contribution in [3.63, 3.8) is 0 Å². The Morgan fingerprint density at radius 2 is 2.32 bits per heavy atom. The highest BCUT2D eigenvalue weighted by atomic mass is 16.2. The van der Waals surface area contributed by atoms with Crippen LogP contribution in [0.4, 0.5) is 5.82 Å². The summed E-state index contributed by atoms with van der Waals surface area (Å²) in [5.74, 6) is 0.327. The summed E-state index contributed by atoms with van der Waals surface area (Å²) in [7, 11) is 0. The Bertz CT molecular complexity index is 525. The van der Waals surface area contributed by atoms with E-state index < -0.39 is 0 Å². The molecule has 2 rings (SSSR count). The molecular formula is C11H15N7O. The van der Waals surface area contributed by atoms with Crippen molar-refractivity contribution >= 4 is 11.7 Å². The van der Waals surface area contributed by atoms with Gasteiger partial charge in [-0.25, -0.2) is 9.67 Å². The number of anilines is 1.